The Morgan fingerprint density at radius 3 is 2.20 bits per heavy atom. The topological polar surface area (TPSA) is 42.9 Å². The summed E-state index contributed by atoms with van der Waals surface area (Å²) in [6.45, 7) is 8.23. The molecule has 0 spiro atoms. The molecule has 104 valence electrons. The van der Waals surface area contributed by atoms with Gasteiger partial charge in [-0.2, -0.15) is 0 Å². The van der Waals surface area contributed by atoms with Gasteiger partial charge in [-0.1, -0.05) is 56.6 Å². The first-order valence-electron chi connectivity index (χ1n) is 6.43. The smallest absolute Gasteiger partial charge is 0.155 e. The van der Waals surface area contributed by atoms with E-state index in [0.29, 0.717) is 23.4 Å². The summed E-state index contributed by atoms with van der Waals surface area (Å²) in [5.74, 6) is 0.551. The van der Waals surface area contributed by atoms with Crippen molar-refractivity contribution < 1.29 is 4.79 Å². The van der Waals surface area contributed by atoms with Crippen LogP contribution in [0.4, 0.5) is 0 Å². The van der Waals surface area contributed by atoms with Crippen molar-refractivity contribution in [1.29, 1.82) is 0 Å². The van der Waals surface area contributed by atoms with Crippen molar-refractivity contribution in [2.75, 3.05) is 0 Å². The molecule has 4 heteroatoms. The maximum absolute atomic E-state index is 11.2. The molecule has 1 aromatic heterocycles. The molecule has 0 amide bonds. The van der Waals surface area contributed by atoms with Gasteiger partial charge in [0.05, 0.1) is 11.3 Å². The van der Waals surface area contributed by atoms with Crippen molar-refractivity contribution in [2.45, 2.75) is 33.1 Å². The van der Waals surface area contributed by atoms with Gasteiger partial charge in [-0.15, -0.1) is 0 Å². The van der Waals surface area contributed by atoms with E-state index < -0.39 is 0 Å². The molecule has 0 saturated carbocycles. The number of aromatic nitrogens is 2. The number of hydrogen-bond acceptors (Lipinski definition) is 3. The Morgan fingerprint density at radius 2 is 1.70 bits per heavy atom. The van der Waals surface area contributed by atoms with Crippen LogP contribution in [0.3, 0.4) is 0 Å². The third-order valence-electron chi connectivity index (χ3n) is 3.15. The van der Waals surface area contributed by atoms with Gasteiger partial charge >= 0.3 is 0 Å². The maximum atomic E-state index is 11.2. The normalized spacial score (nSPS) is 11.4. The number of aldehydes is 1. The highest BCUT2D eigenvalue weighted by Crippen LogP contribution is 2.28. The van der Waals surface area contributed by atoms with Gasteiger partial charge in [0.25, 0.3) is 0 Å². The second-order valence-corrected chi connectivity index (χ2v) is 6.13. The summed E-state index contributed by atoms with van der Waals surface area (Å²) in [7, 11) is 0. The molecule has 0 aliphatic rings. The first-order valence-corrected chi connectivity index (χ1v) is 6.81. The van der Waals surface area contributed by atoms with Gasteiger partial charge in [-0.25, -0.2) is 9.97 Å². The number of rotatable bonds is 2. The van der Waals surface area contributed by atoms with Gasteiger partial charge in [0.1, 0.15) is 11.0 Å². The minimum Gasteiger partial charge on any atom is -0.298 e. The molecular weight excluding hydrogens is 272 g/mol. The zero-order valence-corrected chi connectivity index (χ0v) is 12.8. The summed E-state index contributed by atoms with van der Waals surface area (Å²) < 4.78 is 0. The summed E-state index contributed by atoms with van der Waals surface area (Å²) in [5, 5.41) is 0.197. The van der Waals surface area contributed by atoms with Gasteiger partial charge in [0, 0.05) is 5.56 Å². The van der Waals surface area contributed by atoms with E-state index in [1.165, 1.54) is 5.56 Å². The van der Waals surface area contributed by atoms with E-state index in [9.17, 15) is 4.79 Å². The van der Waals surface area contributed by atoms with Gasteiger partial charge in [0.15, 0.2) is 6.29 Å². The highest BCUT2D eigenvalue weighted by Gasteiger charge is 2.16. The van der Waals surface area contributed by atoms with Crippen LogP contribution < -0.4 is 0 Å². The van der Waals surface area contributed by atoms with Crippen molar-refractivity contribution in [2.24, 2.45) is 0 Å². The van der Waals surface area contributed by atoms with Crippen LogP contribution in [0.25, 0.3) is 11.3 Å². The zero-order chi connectivity index (χ0) is 14.9. The van der Waals surface area contributed by atoms with E-state index in [-0.39, 0.29) is 10.6 Å². The highest BCUT2D eigenvalue weighted by molar-refractivity contribution is 6.32. The van der Waals surface area contributed by atoms with Crippen LogP contribution in [0, 0.1) is 6.92 Å². The number of nitrogens with zero attached hydrogens (tertiary/aromatic N) is 2. The fraction of sp³-hybridized carbons (Fsp3) is 0.312. The lowest BCUT2D eigenvalue weighted by Crippen LogP contribution is -2.10. The minimum absolute atomic E-state index is 0.0885. The lowest BCUT2D eigenvalue weighted by Gasteiger charge is -2.19. The molecule has 3 nitrogen and oxygen atoms in total. The SMILES string of the molecule is Cc1nc(Cl)c(C=O)c(-c2ccc(C(C)(C)C)cc2)n1. The number of benzene rings is 1. The minimum atomic E-state index is 0.0885. The molecule has 20 heavy (non-hydrogen) atoms. The molecule has 0 unspecified atom stereocenters. The summed E-state index contributed by atoms with van der Waals surface area (Å²) in [5.41, 5.74) is 3.10. The van der Waals surface area contributed by atoms with Crippen molar-refractivity contribution in [3.05, 3.63) is 46.4 Å². The summed E-state index contributed by atoms with van der Waals surface area (Å²) >= 11 is 6.01. The average Bonchev–Trinajstić information content (AvgIpc) is 2.37. The number of carbonyl (C=O) groups is 1. The monoisotopic (exact) mass is 288 g/mol. The van der Waals surface area contributed by atoms with E-state index in [2.05, 4.69) is 42.9 Å². The van der Waals surface area contributed by atoms with Gasteiger partial charge in [-0.05, 0) is 17.9 Å². The molecule has 2 rings (SSSR count). The van der Waals surface area contributed by atoms with Crippen LogP contribution in [0.2, 0.25) is 5.15 Å². The van der Waals surface area contributed by atoms with Gasteiger partial charge < -0.3 is 0 Å². The number of carbonyl (C=O) groups excluding carboxylic acids is 1. The molecule has 0 aliphatic heterocycles. The molecule has 0 bridgehead atoms. The Bertz CT molecular complexity index is 643. The van der Waals surface area contributed by atoms with Crippen molar-refractivity contribution in [3.8, 4) is 11.3 Å². The summed E-state index contributed by atoms with van der Waals surface area (Å²) in [6, 6.07) is 8.03. The van der Waals surface area contributed by atoms with Crippen LogP contribution in [-0.2, 0) is 5.41 Å². The van der Waals surface area contributed by atoms with Crippen molar-refractivity contribution in [1.82, 2.24) is 9.97 Å². The van der Waals surface area contributed by atoms with Crippen LogP contribution >= 0.6 is 11.6 Å². The largest absolute Gasteiger partial charge is 0.298 e. The van der Waals surface area contributed by atoms with E-state index in [1.54, 1.807) is 6.92 Å². The molecule has 0 atom stereocenters. The third kappa shape index (κ3) is 2.88. The molecule has 2 aromatic rings. The number of aryl methyl sites for hydroxylation is 1. The second-order valence-electron chi connectivity index (χ2n) is 5.77. The fourth-order valence-corrected chi connectivity index (χ4v) is 2.26. The zero-order valence-electron chi connectivity index (χ0n) is 12.1. The van der Waals surface area contributed by atoms with Crippen LogP contribution in [0.5, 0.6) is 0 Å². The Hall–Kier alpha value is -1.74. The Morgan fingerprint density at radius 1 is 1.10 bits per heavy atom. The highest BCUT2D eigenvalue weighted by atomic mass is 35.5. The molecular formula is C16H17ClN2O. The lowest BCUT2D eigenvalue weighted by atomic mass is 9.86. The van der Waals surface area contributed by atoms with Crippen molar-refractivity contribution >= 4 is 17.9 Å². The quantitative estimate of drug-likeness (QED) is 0.614. The summed E-state index contributed by atoms with van der Waals surface area (Å²) in [6.07, 6.45) is 0.703. The third-order valence-corrected chi connectivity index (χ3v) is 3.44. The second kappa shape index (κ2) is 5.33. The summed E-state index contributed by atoms with van der Waals surface area (Å²) in [4.78, 5) is 19.5. The molecule has 0 N–H and O–H groups in total. The number of halogens is 1. The van der Waals surface area contributed by atoms with E-state index in [0.717, 1.165) is 5.56 Å². The van der Waals surface area contributed by atoms with Gasteiger partial charge in [-0.3, -0.25) is 4.79 Å². The predicted molar refractivity (Wildman–Crippen MR) is 81.3 cm³/mol. The van der Waals surface area contributed by atoms with Crippen LogP contribution in [-0.4, -0.2) is 16.3 Å². The molecule has 0 fully saturated rings. The maximum Gasteiger partial charge on any atom is 0.155 e. The number of hydrogen-bond donors (Lipinski definition) is 0. The molecule has 0 radical (unpaired) electrons. The first-order chi connectivity index (χ1) is 9.32. The van der Waals surface area contributed by atoms with E-state index in [1.807, 2.05) is 12.1 Å². The Kier molecular flexibility index (Phi) is 3.91. The molecule has 1 aromatic carbocycles. The lowest BCUT2D eigenvalue weighted by molar-refractivity contribution is 0.112. The molecule has 1 heterocycles. The molecule has 0 aliphatic carbocycles. The molecule has 0 saturated heterocycles. The Balaban J connectivity index is 2.55. The van der Waals surface area contributed by atoms with E-state index >= 15 is 0 Å². The first kappa shape index (κ1) is 14.7. The fourth-order valence-electron chi connectivity index (χ4n) is 2.00. The van der Waals surface area contributed by atoms with E-state index in [4.69, 9.17) is 11.6 Å². The Labute approximate surface area is 124 Å². The van der Waals surface area contributed by atoms with Gasteiger partial charge in [0.2, 0.25) is 0 Å². The predicted octanol–water partition coefficient (Wildman–Crippen LogP) is 4.22. The van der Waals surface area contributed by atoms with Crippen LogP contribution in [0.1, 0.15) is 42.5 Å². The standard InChI is InChI=1S/C16H17ClN2O/c1-10-18-14(13(9-20)15(17)19-10)11-5-7-12(8-6-11)16(2,3)4/h5-9H,1-4H3. The van der Waals surface area contributed by atoms with Crippen molar-refractivity contribution in [3.63, 3.8) is 0 Å². The van der Waals surface area contributed by atoms with Crippen LogP contribution in [0.15, 0.2) is 24.3 Å². The average molecular weight is 289 g/mol.